The maximum Gasteiger partial charge on any atom is 0.305 e. The maximum atomic E-state index is 10.7. The molecule has 0 aliphatic carbocycles. The van der Waals surface area contributed by atoms with Crippen molar-refractivity contribution in [1.82, 2.24) is 14.8 Å². The fourth-order valence-electron chi connectivity index (χ4n) is 1.54. The Bertz CT molecular complexity index is 657. The molecule has 0 saturated carbocycles. The lowest BCUT2D eigenvalue weighted by molar-refractivity contribution is -0.385. The van der Waals surface area contributed by atoms with Crippen LogP contribution in [0.4, 0.5) is 11.5 Å². The number of nitrogens with one attached hydrogen (secondary N) is 1. The van der Waals surface area contributed by atoms with Crippen molar-refractivity contribution in [3.63, 3.8) is 0 Å². The molecule has 0 aromatic carbocycles. The molecule has 2 aromatic rings. The van der Waals surface area contributed by atoms with Gasteiger partial charge in [-0.3, -0.25) is 14.8 Å². The molecule has 0 fully saturated rings. The van der Waals surface area contributed by atoms with Crippen molar-refractivity contribution in [2.45, 2.75) is 6.54 Å². The molecule has 8 heteroatoms. The molecule has 0 atom stereocenters. The van der Waals surface area contributed by atoms with Crippen LogP contribution in [0.5, 0.6) is 0 Å². The number of anilines is 1. The van der Waals surface area contributed by atoms with Gasteiger partial charge in [-0.25, -0.2) is 4.98 Å². The van der Waals surface area contributed by atoms with Gasteiger partial charge in [0.05, 0.1) is 17.2 Å². The van der Waals surface area contributed by atoms with Crippen LogP contribution >= 0.6 is 0 Å². The van der Waals surface area contributed by atoms with Crippen LogP contribution in [0.2, 0.25) is 0 Å². The van der Waals surface area contributed by atoms with Gasteiger partial charge in [0.1, 0.15) is 11.9 Å². The summed E-state index contributed by atoms with van der Waals surface area (Å²) in [5.74, 6) is 0.406. The van der Waals surface area contributed by atoms with Crippen LogP contribution in [0.15, 0.2) is 24.4 Å². The monoisotopic (exact) mass is 258 g/mol. The Morgan fingerprint density at radius 2 is 2.32 bits per heavy atom. The quantitative estimate of drug-likeness (QED) is 0.651. The highest BCUT2D eigenvalue weighted by molar-refractivity contribution is 5.50. The van der Waals surface area contributed by atoms with E-state index >= 15 is 0 Å². The van der Waals surface area contributed by atoms with Gasteiger partial charge in [-0.1, -0.05) is 0 Å². The predicted octanol–water partition coefficient (Wildman–Crippen LogP) is 1.21. The summed E-state index contributed by atoms with van der Waals surface area (Å²) in [6.07, 6.45) is 1.67. The van der Waals surface area contributed by atoms with E-state index in [1.807, 2.05) is 6.07 Å². The molecule has 2 aromatic heterocycles. The minimum atomic E-state index is -0.629. The van der Waals surface area contributed by atoms with Crippen molar-refractivity contribution >= 4 is 11.5 Å². The maximum absolute atomic E-state index is 10.7. The largest absolute Gasteiger partial charge is 0.364 e. The molecule has 0 saturated heterocycles. The standard InChI is InChI=1S/C11H10N6O2/c1-16-8(4-5-14-16)7-13-11-3-2-10(17(18)19)9(6-12)15-11/h2-5H,7H2,1H3,(H,13,15). The highest BCUT2D eigenvalue weighted by Gasteiger charge is 2.15. The van der Waals surface area contributed by atoms with Crippen LogP contribution in [0, 0.1) is 21.4 Å². The van der Waals surface area contributed by atoms with E-state index in [4.69, 9.17) is 5.26 Å². The van der Waals surface area contributed by atoms with Crippen LogP contribution in [0.1, 0.15) is 11.4 Å². The molecule has 19 heavy (non-hydrogen) atoms. The third kappa shape index (κ3) is 2.66. The SMILES string of the molecule is Cn1nccc1CNc1ccc([N+](=O)[O-])c(C#N)n1. The van der Waals surface area contributed by atoms with E-state index in [-0.39, 0.29) is 11.4 Å². The van der Waals surface area contributed by atoms with Crippen molar-refractivity contribution in [1.29, 1.82) is 5.26 Å². The van der Waals surface area contributed by atoms with Crippen LogP contribution < -0.4 is 5.32 Å². The minimum absolute atomic E-state index is 0.208. The van der Waals surface area contributed by atoms with Gasteiger partial charge in [0.15, 0.2) is 0 Å². The molecule has 0 amide bonds. The smallest absolute Gasteiger partial charge is 0.305 e. The van der Waals surface area contributed by atoms with Crippen molar-refractivity contribution in [2.24, 2.45) is 7.05 Å². The first-order valence-electron chi connectivity index (χ1n) is 5.38. The van der Waals surface area contributed by atoms with E-state index < -0.39 is 4.92 Å². The Kier molecular flexibility index (Phi) is 3.38. The number of rotatable bonds is 4. The van der Waals surface area contributed by atoms with E-state index in [0.717, 1.165) is 5.69 Å². The summed E-state index contributed by atoms with van der Waals surface area (Å²) in [6.45, 7) is 0.464. The van der Waals surface area contributed by atoms with Crippen molar-refractivity contribution in [2.75, 3.05) is 5.32 Å². The fraction of sp³-hybridized carbons (Fsp3) is 0.182. The zero-order valence-corrected chi connectivity index (χ0v) is 10.1. The molecule has 0 bridgehead atoms. The van der Waals surface area contributed by atoms with Crippen molar-refractivity contribution in [3.8, 4) is 6.07 Å². The number of nitro groups is 1. The summed E-state index contributed by atoms with van der Waals surface area (Å²) in [5.41, 5.74) is 0.423. The molecule has 1 N–H and O–H groups in total. The van der Waals surface area contributed by atoms with Gasteiger partial charge in [-0.2, -0.15) is 10.4 Å². The van der Waals surface area contributed by atoms with E-state index in [1.165, 1.54) is 12.1 Å². The third-order valence-electron chi connectivity index (χ3n) is 2.55. The molecule has 0 spiro atoms. The lowest BCUT2D eigenvalue weighted by atomic mass is 10.3. The summed E-state index contributed by atoms with van der Waals surface area (Å²) in [4.78, 5) is 13.9. The van der Waals surface area contributed by atoms with Gasteiger partial charge >= 0.3 is 5.69 Å². The summed E-state index contributed by atoms with van der Waals surface area (Å²) >= 11 is 0. The number of pyridine rings is 1. The molecule has 0 unspecified atom stereocenters. The number of hydrogen-bond donors (Lipinski definition) is 1. The Hall–Kier alpha value is -2.95. The van der Waals surface area contributed by atoms with Gasteiger partial charge in [0.25, 0.3) is 0 Å². The lowest BCUT2D eigenvalue weighted by Gasteiger charge is -2.06. The molecule has 96 valence electrons. The second-order valence-electron chi connectivity index (χ2n) is 3.73. The first kappa shape index (κ1) is 12.5. The van der Waals surface area contributed by atoms with Gasteiger partial charge in [-0.15, -0.1) is 0 Å². The van der Waals surface area contributed by atoms with Crippen LogP contribution in [-0.4, -0.2) is 19.7 Å². The molecular formula is C11H10N6O2. The van der Waals surface area contributed by atoms with E-state index in [0.29, 0.717) is 12.4 Å². The molecule has 0 aliphatic heterocycles. The zero-order chi connectivity index (χ0) is 13.8. The lowest BCUT2D eigenvalue weighted by Crippen LogP contribution is -2.07. The van der Waals surface area contributed by atoms with Crippen molar-refractivity contribution in [3.05, 3.63) is 45.9 Å². The summed E-state index contributed by atoms with van der Waals surface area (Å²) in [7, 11) is 1.81. The van der Waals surface area contributed by atoms with Gasteiger partial charge < -0.3 is 5.32 Å². The molecule has 2 heterocycles. The van der Waals surface area contributed by atoms with Gasteiger partial charge in [0, 0.05) is 19.3 Å². The molecule has 0 radical (unpaired) electrons. The number of aryl methyl sites for hydroxylation is 1. The number of nitrogens with zero attached hydrogens (tertiary/aromatic N) is 5. The Labute approximate surface area is 108 Å². The first-order valence-corrected chi connectivity index (χ1v) is 5.38. The van der Waals surface area contributed by atoms with E-state index in [1.54, 1.807) is 24.0 Å². The van der Waals surface area contributed by atoms with E-state index in [9.17, 15) is 10.1 Å². The second-order valence-corrected chi connectivity index (χ2v) is 3.73. The summed E-state index contributed by atoms with van der Waals surface area (Å²) in [5, 5.41) is 26.5. The van der Waals surface area contributed by atoms with Crippen molar-refractivity contribution < 1.29 is 4.92 Å². The average molecular weight is 258 g/mol. The Morgan fingerprint density at radius 3 is 2.89 bits per heavy atom. The van der Waals surface area contributed by atoms with Crippen LogP contribution in [0.3, 0.4) is 0 Å². The Balaban J connectivity index is 2.16. The Morgan fingerprint density at radius 1 is 1.53 bits per heavy atom. The number of hydrogen-bond acceptors (Lipinski definition) is 6. The topological polar surface area (TPSA) is 110 Å². The second kappa shape index (κ2) is 5.14. The molecule has 8 nitrogen and oxygen atoms in total. The molecular weight excluding hydrogens is 248 g/mol. The van der Waals surface area contributed by atoms with E-state index in [2.05, 4.69) is 15.4 Å². The van der Waals surface area contributed by atoms with Crippen LogP contribution in [-0.2, 0) is 13.6 Å². The highest BCUT2D eigenvalue weighted by Crippen LogP contribution is 2.18. The van der Waals surface area contributed by atoms with Crippen LogP contribution in [0.25, 0.3) is 0 Å². The predicted molar refractivity (Wildman–Crippen MR) is 66.1 cm³/mol. The third-order valence-corrected chi connectivity index (χ3v) is 2.55. The zero-order valence-electron chi connectivity index (χ0n) is 10.1. The number of aromatic nitrogens is 3. The highest BCUT2D eigenvalue weighted by atomic mass is 16.6. The van der Waals surface area contributed by atoms with Gasteiger partial charge in [0.2, 0.25) is 5.69 Å². The summed E-state index contributed by atoms with van der Waals surface area (Å²) < 4.78 is 1.70. The number of nitriles is 1. The van der Waals surface area contributed by atoms with Gasteiger partial charge in [-0.05, 0) is 12.1 Å². The minimum Gasteiger partial charge on any atom is -0.364 e. The molecule has 0 aliphatic rings. The average Bonchev–Trinajstić information content (AvgIpc) is 2.81. The normalized spacial score (nSPS) is 9.89. The first-order chi connectivity index (χ1) is 9.11. The molecule has 2 rings (SSSR count). The summed E-state index contributed by atoms with van der Waals surface area (Å²) in [6, 6.07) is 6.28. The fourth-order valence-corrected chi connectivity index (χ4v) is 1.54.